The van der Waals surface area contributed by atoms with Gasteiger partial charge in [-0.05, 0) is 5.56 Å². The lowest BCUT2D eigenvalue weighted by Crippen LogP contribution is -2.37. The highest BCUT2D eigenvalue weighted by Gasteiger charge is 2.44. The zero-order valence-electron chi connectivity index (χ0n) is 11.4. The van der Waals surface area contributed by atoms with Crippen LogP contribution in [0.3, 0.4) is 0 Å². The summed E-state index contributed by atoms with van der Waals surface area (Å²) in [6.45, 7) is 1.86. The van der Waals surface area contributed by atoms with E-state index in [2.05, 4.69) is 0 Å². The van der Waals surface area contributed by atoms with Gasteiger partial charge in [0.05, 0.1) is 25.6 Å². The zero-order chi connectivity index (χ0) is 14.0. The molecule has 2 atom stereocenters. The molecule has 1 amide bonds. The third kappa shape index (κ3) is 2.46. The molecule has 1 heterocycles. The summed E-state index contributed by atoms with van der Waals surface area (Å²) in [6, 6.07) is 9.52. The van der Waals surface area contributed by atoms with Gasteiger partial charge in [0.1, 0.15) is 0 Å². The van der Waals surface area contributed by atoms with Gasteiger partial charge >= 0.3 is 5.97 Å². The summed E-state index contributed by atoms with van der Waals surface area (Å²) in [6.07, 6.45) is 0. The molecule has 2 rings (SSSR count). The van der Waals surface area contributed by atoms with Gasteiger partial charge in [-0.3, -0.25) is 14.6 Å². The molecule has 102 valence electrons. The van der Waals surface area contributed by atoms with Crippen LogP contribution in [0.5, 0.6) is 0 Å². The lowest BCUT2D eigenvalue weighted by molar-refractivity contribution is -0.145. The van der Waals surface area contributed by atoms with Crippen LogP contribution in [-0.2, 0) is 14.3 Å². The standard InChI is InChI=1S/C14H18N2O3/c1-10(17)16-9-12(14(18)19-3)13(15(16)2)11-7-5-4-6-8-11/h4-8,12-13H,9H2,1-3H3. The highest BCUT2D eigenvalue weighted by molar-refractivity contribution is 5.78. The summed E-state index contributed by atoms with van der Waals surface area (Å²) >= 11 is 0. The van der Waals surface area contributed by atoms with Gasteiger partial charge in [0, 0.05) is 14.0 Å². The van der Waals surface area contributed by atoms with Gasteiger partial charge in [0.25, 0.3) is 0 Å². The van der Waals surface area contributed by atoms with Crippen LogP contribution < -0.4 is 0 Å². The minimum atomic E-state index is -0.360. The predicted octanol–water partition coefficient (Wildman–Crippen LogP) is 1.23. The topological polar surface area (TPSA) is 49.9 Å². The molecule has 0 spiro atoms. The lowest BCUT2D eigenvalue weighted by atomic mass is 9.94. The second-order valence-corrected chi connectivity index (χ2v) is 4.66. The van der Waals surface area contributed by atoms with Crippen molar-refractivity contribution < 1.29 is 14.3 Å². The Morgan fingerprint density at radius 2 is 1.89 bits per heavy atom. The highest BCUT2D eigenvalue weighted by atomic mass is 16.5. The van der Waals surface area contributed by atoms with Gasteiger partial charge in [0.2, 0.25) is 5.91 Å². The number of nitrogens with zero attached hydrogens (tertiary/aromatic N) is 2. The van der Waals surface area contributed by atoms with Gasteiger partial charge in [-0.2, -0.15) is 0 Å². The Bertz CT molecular complexity index is 475. The first kappa shape index (κ1) is 13.5. The van der Waals surface area contributed by atoms with Crippen LogP contribution in [0.15, 0.2) is 30.3 Å². The van der Waals surface area contributed by atoms with Crippen molar-refractivity contribution in [2.45, 2.75) is 13.0 Å². The fourth-order valence-corrected chi connectivity index (χ4v) is 2.63. The van der Waals surface area contributed by atoms with Crippen molar-refractivity contribution in [3.05, 3.63) is 35.9 Å². The molecule has 0 aromatic heterocycles. The smallest absolute Gasteiger partial charge is 0.312 e. The molecule has 19 heavy (non-hydrogen) atoms. The number of esters is 1. The van der Waals surface area contributed by atoms with Crippen LogP contribution in [0.4, 0.5) is 0 Å². The SMILES string of the molecule is COC(=O)C1CN(C(C)=O)N(C)C1c1ccccc1. The molecule has 0 N–H and O–H groups in total. The summed E-state index contributed by atoms with van der Waals surface area (Å²) in [7, 11) is 3.20. The third-order valence-corrected chi connectivity index (χ3v) is 3.54. The van der Waals surface area contributed by atoms with Crippen molar-refractivity contribution in [3.8, 4) is 0 Å². The first-order valence-corrected chi connectivity index (χ1v) is 6.20. The second kappa shape index (κ2) is 5.40. The Morgan fingerprint density at radius 1 is 1.26 bits per heavy atom. The van der Waals surface area contributed by atoms with Gasteiger partial charge in [-0.1, -0.05) is 30.3 Å². The highest BCUT2D eigenvalue weighted by Crippen LogP contribution is 2.36. The van der Waals surface area contributed by atoms with Crippen molar-refractivity contribution in [2.75, 3.05) is 20.7 Å². The maximum absolute atomic E-state index is 11.9. The first-order valence-electron chi connectivity index (χ1n) is 6.20. The molecule has 1 aliphatic rings. The molecule has 0 radical (unpaired) electrons. The number of carbonyl (C=O) groups excluding carboxylic acids is 2. The number of amides is 1. The molecule has 2 unspecified atom stereocenters. The monoisotopic (exact) mass is 262 g/mol. The van der Waals surface area contributed by atoms with Gasteiger partial charge in [-0.25, -0.2) is 5.01 Å². The minimum Gasteiger partial charge on any atom is -0.469 e. The summed E-state index contributed by atoms with van der Waals surface area (Å²) in [5, 5.41) is 3.40. The Balaban J connectivity index is 2.36. The molecular weight excluding hydrogens is 244 g/mol. The minimum absolute atomic E-state index is 0.0742. The molecule has 1 fully saturated rings. The Labute approximate surface area is 112 Å². The lowest BCUT2D eigenvalue weighted by Gasteiger charge is -2.28. The van der Waals surface area contributed by atoms with E-state index in [-0.39, 0.29) is 23.8 Å². The molecule has 5 nitrogen and oxygen atoms in total. The van der Waals surface area contributed by atoms with Crippen LogP contribution in [0.2, 0.25) is 0 Å². The second-order valence-electron chi connectivity index (χ2n) is 4.66. The number of hydrogen-bond donors (Lipinski definition) is 0. The van der Waals surface area contributed by atoms with Crippen LogP contribution in [0.25, 0.3) is 0 Å². The van der Waals surface area contributed by atoms with Crippen LogP contribution in [-0.4, -0.2) is 42.6 Å². The number of methoxy groups -OCH3 is 1. The molecule has 1 aromatic carbocycles. The van der Waals surface area contributed by atoms with E-state index in [4.69, 9.17) is 4.74 Å². The zero-order valence-corrected chi connectivity index (χ0v) is 11.4. The van der Waals surface area contributed by atoms with E-state index in [1.807, 2.05) is 42.4 Å². The third-order valence-electron chi connectivity index (χ3n) is 3.54. The van der Waals surface area contributed by atoms with E-state index in [0.29, 0.717) is 6.54 Å². The maximum atomic E-state index is 11.9. The van der Waals surface area contributed by atoms with Crippen molar-refractivity contribution in [3.63, 3.8) is 0 Å². The molecule has 0 bridgehead atoms. The molecule has 0 aliphatic carbocycles. The van der Waals surface area contributed by atoms with E-state index in [0.717, 1.165) is 5.56 Å². The maximum Gasteiger partial charge on any atom is 0.312 e. The van der Waals surface area contributed by atoms with Crippen LogP contribution in [0, 0.1) is 5.92 Å². The fourth-order valence-electron chi connectivity index (χ4n) is 2.63. The normalized spacial score (nSPS) is 23.4. The summed E-state index contributed by atoms with van der Waals surface area (Å²) in [5.41, 5.74) is 1.00. The number of hydrazine groups is 1. The van der Waals surface area contributed by atoms with Crippen LogP contribution in [0.1, 0.15) is 18.5 Å². The van der Waals surface area contributed by atoms with E-state index in [1.54, 1.807) is 5.01 Å². The molecule has 1 aromatic rings. The van der Waals surface area contributed by atoms with E-state index in [9.17, 15) is 9.59 Å². The van der Waals surface area contributed by atoms with E-state index < -0.39 is 0 Å². The van der Waals surface area contributed by atoms with Crippen molar-refractivity contribution in [1.82, 2.24) is 10.0 Å². The van der Waals surface area contributed by atoms with Crippen molar-refractivity contribution in [2.24, 2.45) is 5.92 Å². The van der Waals surface area contributed by atoms with Crippen LogP contribution >= 0.6 is 0 Å². The number of hydrogen-bond acceptors (Lipinski definition) is 4. The molecule has 0 saturated carbocycles. The van der Waals surface area contributed by atoms with E-state index >= 15 is 0 Å². The number of rotatable bonds is 2. The summed E-state index contributed by atoms with van der Waals surface area (Å²) in [4.78, 5) is 23.5. The van der Waals surface area contributed by atoms with Gasteiger partial charge < -0.3 is 4.74 Å². The largest absolute Gasteiger partial charge is 0.469 e. The van der Waals surface area contributed by atoms with Crippen molar-refractivity contribution in [1.29, 1.82) is 0 Å². The number of carbonyl (C=O) groups is 2. The summed E-state index contributed by atoms with van der Waals surface area (Å²) in [5.74, 6) is -0.722. The van der Waals surface area contributed by atoms with Crippen molar-refractivity contribution >= 4 is 11.9 Å². The molecule has 1 aliphatic heterocycles. The predicted molar refractivity (Wildman–Crippen MR) is 69.8 cm³/mol. The Morgan fingerprint density at radius 3 is 2.42 bits per heavy atom. The Hall–Kier alpha value is -1.88. The molecule has 1 saturated heterocycles. The average molecular weight is 262 g/mol. The summed E-state index contributed by atoms with van der Waals surface area (Å²) < 4.78 is 4.86. The van der Waals surface area contributed by atoms with E-state index in [1.165, 1.54) is 14.0 Å². The number of ether oxygens (including phenoxy) is 1. The average Bonchev–Trinajstić information content (AvgIpc) is 2.76. The molecular formula is C14H18N2O3. The first-order chi connectivity index (χ1) is 9.06. The fraction of sp³-hybridized carbons (Fsp3) is 0.429. The van der Waals surface area contributed by atoms with Gasteiger partial charge in [0.15, 0.2) is 0 Å². The number of benzene rings is 1. The molecule has 5 heteroatoms. The Kier molecular flexibility index (Phi) is 3.85. The quantitative estimate of drug-likeness (QED) is 0.752. The van der Waals surface area contributed by atoms with Gasteiger partial charge in [-0.15, -0.1) is 0 Å².